The SMILES string of the molecule is COc1cccc(Nc2nnc(SC(C)C(=O)NCc3ccc(OC)c(OC)c3)s2)c1. The third-order valence-corrected chi connectivity index (χ3v) is 6.31. The van der Waals surface area contributed by atoms with E-state index in [1.807, 2.05) is 49.4 Å². The van der Waals surface area contributed by atoms with Gasteiger partial charge in [-0.15, -0.1) is 10.2 Å². The van der Waals surface area contributed by atoms with Crippen LogP contribution in [-0.2, 0) is 11.3 Å². The number of ether oxygens (including phenoxy) is 3. The second-order valence-corrected chi connectivity index (χ2v) is 8.96. The molecule has 164 valence electrons. The molecule has 3 aromatic rings. The van der Waals surface area contributed by atoms with Crippen LogP contribution in [0.1, 0.15) is 12.5 Å². The third kappa shape index (κ3) is 6.25. The highest BCUT2D eigenvalue weighted by Crippen LogP contribution is 2.31. The summed E-state index contributed by atoms with van der Waals surface area (Å²) in [5.41, 5.74) is 1.77. The van der Waals surface area contributed by atoms with Gasteiger partial charge in [0.2, 0.25) is 11.0 Å². The van der Waals surface area contributed by atoms with E-state index >= 15 is 0 Å². The molecule has 1 heterocycles. The van der Waals surface area contributed by atoms with Gasteiger partial charge in [-0.05, 0) is 36.8 Å². The molecule has 0 aliphatic rings. The minimum Gasteiger partial charge on any atom is -0.497 e. The van der Waals surface area contributed by atoms with Gasteiger partial charge < -0.3 is 24.8 Å². The second-order valence-electron chi connectivity index (χ2n) is 6.40. The number of nitrogens with zero attached hydrogens (tertiary/aromatic N) is 2. The summed E-state index contributed by atoms with van der Waals surface area (Å²) in [7, 11) is 4.79. The molecule has 8 nitrogen and oxygen atoms in total. The van der Waals surface area contributed by atoms with Gasteiger partial charge in [0, 0.05) is 18.3 Å². The van der Waals surface area contributed by atoms with Gasteiger partial charge in [0.05, 0.1) is 26.6 Å². The van der Waals surface area contributed by atoms with Crippen LogP contribution in [0, 0.1) is 0 Å². The maximum absolute atomic E-state index is 12.5. The third-order valence-electron chi connectivity index (χ3n) is 4.29. The molecular formula is C21H24N4O4S2. The molecule has 2 N–H and O–H groups in total. The Kier molecular flexibility index (Phi) is 7.96. The fraction of sp³-hybridized carbons (Fsp3) is 0.286. The smallest absolute Gasteiger partial charge is 0.233 e. The van der Waals surface area contributed by atoms with Crippen LogP contribution in [0.4, 0.5) is 10.8 Å². The van der Waals surface area contributed by atoms with Crippen LogP contribution in [0.25, 0.3) is 0 Å². The Morgan fingerprint density at radius 3 is 2.61 bits per heavy atom. The molecule has 1 aromatic heterocycles. The van der Waals surface area contributed by atoms with Crippen LogP contribution in [0.2, 0.25) is 0 Å². The van der Waals surface area contributed by atoms with E-state index < -0.39 is 0 Å². The molecule has 0 aliphatic heterocycles. The highest BCUT2D eigenvalue weighted by molar-refractivity contribution is 8.02. The molecule has 10 heteroatoms. The summed E-state index contributed by atoms with van der Waals surface area (Å²) in [5.74, 6) is 1.94. The summed E-state index contributed by atoms with van der Waals surface area (Å²) in [5, 5.41) is 14.8. The fourth-order valence-corrected chi connectivity index (χ4v) is 4.60. The Labute approximate surface area is 189 Å². The summed E-state index contributed by atoms with van der Waals surface area (Å²) >= 11 is 2.75. The number of benzene rings is 2. The number of aromatic nitrogens is 2. The first-order valence-electron chi connectivity index (χ1n) is 9.42. The van der Waals surface area contributed by atoms with E-state index in [-0.39, 0.29) is 11.2 Å². The Bertz CT molecular complexity index is 1030. The predicted octanol–water partition coefficient (Wildman–Crippen LogP) is 4.10. The van der Waals surface area contributed by atoms with Crippen molar-refractivity contribution >= 4 is 39.8 Å². The number of hydrogen-bond acceptors (Lipinski definition) is 9. The van der Waals surface area contributed by atoms with E-state index in [2.05, 4.69) is 20.8 Å². The normalized spacial score (nSPS) is 11.5. The standard InChI is InChI=1S/C21H24N4O4S2/c1-13(19(26)22-12-14-8-9-17(28-3)18(10-14)29-4)30-21-25-24-20(31-21)23-15-6-5-7-16(11-15)27-2/h5-11,13H,12H2,1-4H3,(H,22,26)(H,23,24). The summed E-state index contributed by atoms with van der Waals surface area (Å²) in [6.45, 7) is 2.23. The Hall–Kier alpha value is -2.98. The molecule has 2 aromatic carbocycles. The molecule has 0 spiro atoms. The van der Waals surface area contributed by atoms with Crippen LogP contribution in [-0.4, -0.2) is 42.7 Å². The van der Waals surface area contributed by atoms with E-state index in [1.54, 1.807) is 21.3 Å². The van der Waals surface area contributed by atoms with Gasteiger partial charge in [0.15, 0.2) is 15.8 Å². The molecule has 1 amide bonds. The Morgan fingerprint density at radius 2 is 1.87 bits per heavy atom. The quantitative estimate of drug-likeness (QED) is 0.437. The topological polar surface area (TPSA) is 94.6 Å². The van der Waals surface area contributed by atoms with Crippen molar-refractivity contribution in [1.29, 1.82) is 0 Å². The van der Waals surface area contributed by atoms with Gasteiger partial charge in [-0.25, -0.2) is 0 Å². The van der Waals surface area contributed by atoms with Crippen molar-refractivity contribution in [3.05, 3.63) is 48.0 Å². The zero-order valence-corrected chi connectivity index (χ0v) is 19.3. The number of carbonyl (C=O) groups excluding carboxylic acids is 1. The summed E-state index contributed by atoms with van der Waals surface area (Å²) in [6.07, 6.45) is 0. The molecule has 0 saturated heterocycles. The van der Waals surface area contributed by atoms with E-state index in [4.69, 9.17) is 14.2 Å². The van der Waals surface area contributed by atoms with E-state index in [0.717, 1.165) is 17.0 Å². The van der Waals surface area contributed by atoms with Crippen molar-refractivity contribution < 1.29 is 19.0 Å². The molecule has 1 atom stereocenters. The lowest BCUT2D eigenvalue weighted by atomic mass is 10.2. The molecule has 3 rings (SSSR count). The van der Waals surface area contributed by atoms with Crippen molar-refractivity contribution in [2.45, 2.75) is 23.1 Å². The number of methoxy groups -OCH3 is 3. The monoisotopic (exact) mass is 460 g/mol. The van der Waals surface area contributed by atoms with Gasteiger partial charge in [-0.2, -0.15) is 0 Å². The van der Waals surface area contributed by atoms with Crippen molar-refractivity contribution in [3.63, 3.8) is 0 Å². The summed E-state index contributed by atoms with van der Waals surface area (Å²) in [6, 6.07) is 13.1. The highest BCUT2D eigenvalue weighted by atomic mass is 32.2. The first-order chi connectivity index (χ1) is 15.0. The molecule has 0 aliphatic carbocycles. The maximum Gasteiger partial charge on any atom is 0.233 e. The largest absolute Gasteiger partial charge is 0.497 e. The molecule has 0 radical (unpaired) electrons. The zero-order chi connectivity index (χ0) is 22.2. The van der Waals surface area contributed by atoms with E-state index in [1.165, 1.54) is 23.1 Å². The van der Waals surface area contributed by atoms with Crippen LogP contribution in [0.3, 0.4) is 0 Å². The van der Waals surface area contributed by atoms with Crippen molar-refractivity contribution in [2.75, 3.05) is 26.6 Å². The van der Waals surface area contributed by atoms with Crippen LogP contribution < -0.4 is 24.8 Å². The van der Waals surface area contributed by atoms with Crippen LogP contribution >= 0.6 is 23.1 Å². The van der Waals surface area contributed by atoms with Crippen molar-refractivity contribution in [1.82, 2.24) is 15.5 Å². The van der Waals surface area contributed by atoms with Gasteiger partial charge in [0.1, 0.15) is 5.75 Å². The molecule has 1 unspecified atom stereocenters. The van der Waals surface area contributed by atoms with Gasteiger partial charge in [-0.1, -0.05) is 35.2 Å². The average molecular weight is 461 g/mol. The summed E-state index contributed by atoms with van der Waals surface area (Å²) < 4.78 is 16.5. The zero-order valence-electron chi connectivity index (χ0n) is 17.7. The highest BCUT2D eigenvalue weighted by Gasteiger charge is 2.17. The maximum atomic E-state index is 12.5. The van der Waals surface area contributed by atoms with E-state index in [0.29, 0.717) is 27.5 Å². The lowest BCUT2D eigenvalue weighted by molar-refractivity contribution is -0.120. The van der Waals surface area contributed by atoms with Crippen LogP contribution in [0.15, 0.2) is 46.8 Å². The molecule has 0 saturated carbocycles. The van der Waals surface area contributed by atoms with Crippen molar-refractivity contribution in [3.8, 4) is 17.2 Å². The number of thioether (sulfide) groups is 1. The molecule has 0 fully saturated rings. The first kappa shape index (κ1) is 22.7. The fourth-order valence-electron chi connectivity index (χ4n) is 2.66. The lowest BCUT2D eigenvalue weighted by Crippen LogP contribution is -2.30. The number of hydrogen-bond donors (Lipinski definition) is 2. The number of amides is 1. The van der Waals surface area contributed by atoms with Crippen molar-refractivity contribution in [2.24, 2.45) is 0 Å². The van der Waals surface area contributed by atoms with Crippen LogP contribution in [0.5, 0.6) is 17.2 Å². The molecule has 31 heavy (non-hydrogen) atoms. The number of nitrogens with one attached hydrogen (secondary N) is 2. The van der Waals surface area contributed by atoms with Gasteiger partial charge >= 0.3 is 0 Å². The Balaban J connectivity index is 1.53. The van der Waals surface area contributed by atoms with Gasteiger partial charge in [-0.3, -0.25) is 4.79 Å². The molecule has 0 bridgehead atoms. The molecular weight excluding hydrogens is 436 g/mol. The average Bonchev–Trinajstić information content (AvgIpc) is 3.23. The minimum atomic E-state index is -0.322. The Morgan fingerprint density at radius 1 is 1.06 bits per heavy atom. The number of anilines is 2. The lowest BCUT2D eigenvalue weighted by Gasteiger charge is -2.12. The number of rotatable bonds is 10. The second kappa shape index (κ2) is 10.9. The van der Waals surface area contributed by atoms with E-state index in [9.17, 15) is 4.79 Å². The summed E-state index contributed by atoms with van der Waals surface area (Å²) in [4.78, 5) is 12.5. The number of carbonyl (C=O) groups is 1. The first-order valence-corrected chi connectivity index (χ1v) is 11.1. The minimum absolute atomic E-state index is 0.0858. The van der Waals surface area contributed by atoms with Gasteiger partial charge in [0.25, 0.3) is 0 Å². The predicted molar refractivity (Wildman–Crippen MR) is 123 cm³/mol.